The predicted molar refractivity (Wildman–Crippen MR) is 67.5 cm³/mol. The fraction of sp³-hybridized carbons (Fsp3) is 0.417. The van der Waals surface area contributed by atoms with E-state index in [4.69, 9.17) is 27.9 Å². The lowest BCUT2D eigenvalue weighted by atomic mass is 10.1. The van der Waals surface area contributed by atoms with Gasteiger partial charge in [0.1, 0.15) is 0 Å². The van der Waals surface area contributed by atoms with Gasteiger partial charge < -0.3 is 10.1 Å². The van der Waals surface area contributed by atoms with Crippen molar-refractivity contribution in [3.05, 3.63) is 33.8 Å². The van der Waals surface area contributed by atoms with Gasteiger partial charge in [0, 0.05) is 12.5 Å². The van der Waals surface area contributed by atoms with Crippen molar-refractivity contribution in [2.75, 3.05) is 19.8 Å². The van der Waals surface area contributed by atoms with E-state index in [-0.39, 0.29) is 5.91 Å². The molecule has 1 aromatic carbocycles. The summed E-state index contributed by atoms with van der Waals surface area (Å²) in [6.07, 6.45) is 0.324. The van der Waals surface area contributed by atoms with E-state index < -0.39 is 0 Å². The molecule has 0 unspecified atom stereocenters. The lowest BCUT2D eigenvalue weighted by Crippen LogP contribution is -2.39. The largest absolute Gasteiger partial charge is 0.381 e. The Bertz CT molecular complexity index is 419. The summed E-state index contributed by atoms with van der Waals surface area (Å²) in [5.74, 6) is 0.461. The second kappa shape index (κ2) is 5.71. The normalized spacial score (nSPS) is 15.4. The number of rotatable bonds is 4. The second-order valence-corrected chi connectivity index (χ2v) is 4.95. The Morgan fingerprint density at radius 2 is 2.12 bits per heavy atom. The quantitative estimate of drug-likeness (QED) is 0.914. The van der Waals surface area contributed by atoms with E-state index >= 15 is 0 Å². The third-order valence-electron chi connectivity index (χ3n) is 2.64. The SMILES string of the molecule is O=C(Cc1ccc(Cl)c(Cl)c1)NCC1COC1. The molecule has 3 nitrogen and oxygen atoms in total. The second-order valence-electron chi connectivity index (χ2n) is 4.13. The monoisotopic (exact) mass is 273 g/mol. The third kappa shape index (κ3) is 3.60. The number of hydrogen-bond acceptors (Lipinski definition) is 2. The van der Waals surface area contributed by atoms with Crippen LogP contribution in [0.4, 0.5) is 0 Å². The summed E-state index contributed by atoms with van der Waals surface area (Å²) in [7, 11) is 0. The fourth-order valence-corrected chi connectivity index (χ4v) is 1.88. The highest BCUT2D eigenvalue weighted by atomic mass is 35.5. The Labute approximate surface area is 110 Å². The average molecular weight is 274 g/mol. The van der Waals surface area contributed by atoms with Crippen LogP contribution in [0.5, 0.6) is 0 Å². The summed E-state index contributed by atoms with van der Waals surface area (Å²) in [4.78, 5) is 11.6. The van der Waals surface area contributed by atoms with Gasteiger partial charge in [0.25, 0.3) is 0 Å². The van der Waals surface area contributed by atoms with Gasteiger partial charge >= 0.3 is 0 Å². The Balaban J connectivity index is 1.82. The highest BCUT2D eigenvalue weighted by molar-refractivity contribution is 6.42. The highest BCUT2D eigenvalue weighted by Crippen LogP contribution is 2.22. The molecule has 0 spiro atoms. The minimum absolute atomic E-state index is 0.00436. The highest BCUT2D eigenvalue weighted by Gasteiger charge is 2.18. The Morgan fingerprint density at radius 3 is 2.71 bits per heavy atom. The molecule has 1 aromatic rings. The zero-order valence-electron chi connectivity index (χ0n) is 9.21. The number of benzene rings is 1. The van der Waals surface area contributed by atoms with E-state index in [9.17, 15) is 4.79 Å². The van der Waals surface area contributed by atoms with Crippen molar-refractivity contribution in [2.45, 2.75) is 6.42 Å². The molecule has 0 aromatic heterocycles. The van der Waals surface area contributed by atoms with E-state index in [0.717, 1.165) is 18.8 Å². The van der Waals surface area contributed by atoms with Gasteiger partial charge in [0.15, 0.2) is 0 Å². The molecule has 17 heavy (non-hydrogen) atoms. The first-order valence-corrected chi connectivity index (χ1v) is 6.19. The standard InChI is InChI=1S/C12H13Cl2NO2/c13-10-2-1-8(3-11(10)14)4-12(16)15-5-9-6-17-7-9/h1-3,9H,4-7H2,(H,15,16). The molecule has 1 fully saturated rings. The van der Waals surface area contributed by atoms with E-state index in [2.05, 4.69) is 5.32 Å². The molecule has 5 heteroatoms. The molecule has 1 aliphatic heterocycles. The Morgan fingerprint density at radius 1 is 1.35 bits per heavy atom. The minimum Gasteiger partial charge on any atom is -0.381 e. The van der Waals surface area contributed by atoms with Gasteiger partial charge in [-0.2, -0.15) is 0 Å². The molecule has 1 heterocycles. The maximum absolute atomic E-state index is 11.6. The van der Waals surface area contributed by atoms with Gasteiger partial charge in [0.2, 0.25) is 5.91 Å². The van der Waals surface area contributed by atoms with Crippen molar-refractivity contribution >= 4 is 29.1 Å². The van der Waals surface area contributed by atoms with Crippen LogP contribution in [-0.4, -0.2) is 25.7 Å². The van der Waals surface area contributed by atoms with Crippen molar-refractivity contribution in [1.82, 2.24) is 5.32 Å². The first kappa shape index (κ1) is 12.7. The molecule has 1 N–H and O–H groups in total. The Hall–Kier alpha value is -0.770. The number of ether oxygens (including phenoxy) is 1. The first-order valence-electron chi connectivity index (χ1n) is 5.43. The maximum atomic E-state index is 11.6. The fourth-order valence-electron chi connectivity index (χ4n) is 1.56. The summed E-state index contributed by atoms with van der Waals surface area (Å²) in [6.45, 7) is 2.17. The molecule has 0 bridgehead atoms. The van der Waals surface area contributed by atoms with Crippen LogP contribution < -0.4 is 5.32 Å². The van der Waals surface area contributed by atoms with Gasteiger partial charge in [-0.3, -0.25) is 4.79 Å². The predicted octanol–water partition coefficient (Wildman–Crippen LogP) is 2.30. The first-order chi connectivity index (χ1) is 8.15. The zero-order valence-corrected chi connectivity index (χ0v) is 10.7. The van der Waals surface area contributed by atoms with Crippen LogP contribution >= 0.6 is 23.2 Å². The molecular formula is C12H13Cl2NO2. The molecule has 0 saturated carbocycles. The number of amides is 1. The van der Waals surface area contributed by atoms with Crippen LogP contribution in [-0.2, 0) is 16.0 Å². The van der Waals surface area contributed by atoms with E-state index in [1.165, 1.54) is 0 Å². The smallest absolute Gasteiger partial charge is 0.224 e. The molecule has 0 atom stereocenters. The van der Waals surface area contributed by atoms with Gasteiger partial charge in [-0.25, -0.2) is 0 Å². The molecule has 1 aliphatic rings. The molecule has 0 radical (unpaired) electrons. The van der Waals surface area contributed by atoms with Crippen molar-refractivity contribution < 1.29 is 9.53 Å². The third-order valence-corrected chi connectivity index (χ3v) is 3.38. The molecule has 0 aliphatic carbocycles. The van der Waals surface area contributed by atoms with Gasteiger partial charge in [-0.1, -0.05) is 29.3 Å². The molecule has 1 amide bonds. The van der Waals surface area contributed by atoms with Crippen LogP contribution in [0.25, 0.3) is 0 Å². The van der Waals surface area contributed by atoms with Gasteiger partial charge in [0.05, 0.1) is 29.7 Å². The van der Waals surface area contributed by atoms with Crippen LogP contribution in [0.3, 0.4) is 0 Å². The van der Waals surface area contributed by atoms with Crippen molar-refractivity contribution in [3.8, 4) is 0 Å². The number of nitrogens with one attached hydrogen (secondary N) is 1. The summed E-state index contributed by atoms with van der Waals surface area (Å²) in [6, 6.07) is 5.22. The average Bonchev–Trinajstić information content (AvgIpc) is 2.21. The molecule has 2 rings (SSSR count). The lowest BCUT2D eigenvalue weighted by Gasteiger charge is -2.25. The molecule has 1 saturated heterocycles. The number of carbonyl (C=O) groups is 1. The van der Waals surface area contributed by atoms with E-state index in [0.29, 0.717) is 28.9 Å². The van der Waals surface area contributed by atoms with Gasteiger partial charge in [-0.15, -0.1) is 0 Å². The van der Waals surface area contributed by atoms with Crippen LogP contribution in [0.1, 0.15) is 5.56 Å². The maximum Gasteiger partial charge on any atom is 0.224 e. The van der Waals surface area contributed by atoms with E-state index in [1.807, 2.05) is 0 Å². The minimum atomic E-state index is -0.00436. The topological polar surface area (TPSA) is 38.3 Å². The zero-order chi connectivity index (χ0) is 12.3. The summed E-state index contributed by atoms with van der Waals surface area (Å²) < 4.78 is 5.03. The summed E-state index contributed by atoms with van der Waals surface area (Å²) >= 11 is 11.7. The van der Waals surface area contributed by atoms with Crippen LogP contribution in [0.15, 0.2) is 18.2 Å². The van der Waals surface area contributed by atoms with Crippen LogP contribution in [0, 0.1) is 5.92 Å². The van der Waals surface area contributed by atoms with Gasteiger partial charge in [-0.05, 0) is 17.7 Å². The van der Waals surface area contributed by atoms with Crippen molar-refractivity contribution in [2.24, 2.45) is 5.92 Å². The Kier molecular flexibility index (Phi) is 4.26. The van der Waals surface area contributed by atoms with Crippen LogP contribution in [0.2, 0.25) is 10.0 Å². The lowest BCUT2D eigenvalue weighted by molar-refractivity contribution is -0.121. The number of hydrogen-bond donors (Lipinski definition) is 1. The van der Waals surface area contributed by atoms with Crippen molar-refractivity contribution in [3.63, 3.8) is 0 Å². The molecular weight excluding hydrogens is 261 g/mol. The van der Waals surface area contributed by atoms with Crippen molar-refractivity contribution in [1.29, 1.82) is 0 Å². The number of halogens is 2. The summed E-state index contributed by atoms with van der Waals surface area (Å²) in [5.41, 5.74) is 0.863. The van der Waals surface area contributed by atoms with E-state index in [1.54, 1.807) is 18.2 Å². The number of carbonyl (C=O) groups excluding carboxylic acids is 1. The summed E-state index contributed by atoms with van der Waals surface area (Å²) in [5, 5.41) is 3.85. The molecule has 92 valence electrons.